The molecule has 0 saturated heterocycles. The number of ether oxygens (including phenoxy) is 1. The number of aryl methyl sites for hydroxylation is 1. The molecule has 0 aromatic heterocycles. The molecule has 1 atom stereocenters. The standard InChI is InChI=1S/C13H18O3/c1-4-10(8-12(14)15)13-9(2)6-5-7-11(13)16-3/h5-7,10H,4,8H2,1-3H3,(H,14,15). The van der Waals surface area contributed by atoms with E-state index in [-0.39, 0.29) is 12.3 Å². The van der Waals surface area contributed by atoms with Gasteiger partial charge in [0.2, 0.25) is 0 Å². The van der Waals surface area contributed by atoms with Gasteiger partial charge in [-0.1, -0.05) is 19.1 Å². The smallest absolute Gasteiger partial charge is 0.303 e. The minimum Gasteiger partial charge on any atom is -0.496 e. The number of aliphatic carboxylic acids is 1. The van der Waals surface area contributed by atoms with Crippen LogP contribution in [0.15, 0.2) is 18.2 Å². The van der Waals surface area contributed by atoms with Gasteiger partial charge in [-0.3, -0.25) is 4.79 Å². The highest BCUT2D eigenvalue weighted by Crippen LogP contribution is 2.33. The minimum atomic E-state index is -0.767. The molecular formula is C13H18O3. The molecule has 0 spiro atoms. The summed E-state index contributed by atoms with van der Waals surface area (Å²) in [6.07, 6.45) is 0.950. The van der Waals surface area contributed by atoms with E-state index in [9.17, 15) is 4.79 Å². The van der Waals surface area contributed by atoms with E-state index in [1.807, 2.05) is 32.0 Å². The lowest BCUT2D eigenvalue weighted by atomic mass is 9.89. The molecule has 1 unspecified atom stereocenters. The van der Waals surface area contributed by atoms with Crippen LogP contribution in [0, 0.1) is 6.92 Å². The van der Waals surface area contributed by atoms with Crippen LogP contribution in [0.25, 0.3) is 0 Å². The molecule has 0 bridgehead atoms. The van der Waals surface area contributed by atoms with Gasteiger partial charge in [-0.25, -0.2) is 0 Å². The van der Waals surface area contributed by atoms with Crippen LogP contribution in [-0.4, -0.2) is 18.2 Å². The Kier molecular flexibility index (Phi) is 4.35. The third-order valence-corrected chi connectivity index (χ3v) is 2.83. The highest BCUT2D eigenvalue weighted by Gasteiger charge is 2.19. The quantitative estimate of drug-likeness (QED) is 0.833. The van der Waals surface area contributed by atoms with E-state index in [2.05, 4.69) is 0 Å². The fraction of sp³-hybridized carbons (Fsp3) is 0.462. The molecule has 3 nitrogen and oxygen atoms in total. The zero-order chi connectivity index (χ0) is 12.1. The molecule has 0 fully saturated rings. The summed E-state index contributed by atoms with van der Waals surface area (Å²) in [6, 6.07) is 5.79. The Hall–Kier alpha value is -1.51. The summed E-state index contributed by atoms with van der Waals surface area (Å²) in [5.41, 5.74) is 2.11. The molecule has 0 amide bonds. The molecular weight excluding hydrogens is 204 g/mol. The van der Waals surface area contributed by atoms with Gasteiger partial charge < -0.3 is 9.84 Å². The Labute approximate surface area is 96.1 Å². The summed E-state index contributed by atoms with van der Waals surface area (Å²) in [6.45, 7) is 3.99. The Bertz CT molecular complexity index is 371. The van der Waals surface area contributed by atoms with Crippen molar-refractivity contribution in [3.8, 4) is 5.75 Å². The van der Waals surface area contributed by atoms with Crippen molar-refractivity contribution in [3.05, 3.63) is 29.3 Å². The number of rotatable bonds is 5. The fourth-order valence-electron chi connectivity index (χ4n) is 2.02. The van der Waals surface area contributed by atoms with Crippen LogP contribution < -0.4 is 4.74 Å². The van der Waals surface area contributed by atoms with Crippen molar-refractivity contribution in [2.24, 2.45) is 0 Å². The van der Waals surface area contributed by atoms with Crippen LogP contribution in [0.5, 0.6) is 5.75 Å². The summed E-state index contributed by atoms with van der Waals surface area (Å²) < 4.78 is 5.30. The molecule has 0 aliphatic carbocycles. The van der Waals surface area contributed by atoms with Crippen molar-refractivity contribution in [1.29, 1.82) is 0 Å². The lowest BCUT2D eigenvalue weighted by Gasteiger charge is -2.19. The highest BCUT2D eigenvalue weighted by atomic mass is 16.5. The maximum atomic E-state index is 10.8. The van der Waals surface area contributed by atoms with Crippen molar-refractivity contribution < 1.29 is 14.6 Å². The molecule has 1 aromatic carbocycles. The van der Waals surface area contributed by atoms with Gasteiger partial charge in [0.1, 0.15) is 5.75 Å². The maximum absolute atomic E-state index is 10.8. The summed E-state index contributed by atoms with van der Waals surface area (Å²) in [5.74, 6) is 0.0407. The van der Waals surface area contributed by atoms with Crippen LogP contribution in [0.3, 0.4) is 0 Å². The topological polar surface area (TPSA) is 46.5 Å². The number of methoxy groups -OCH3 is 1. The molecule has 0 aliphatic rings. The van der Waals surface area contributed by atoms with Crippen molar-refractivity contribution in [1.82, 2.24) is 0 Å². The summed E-state index contributed by atoms with van der Waals surface area (Å²) in [4.78, 5) is 10.8. The zero-order valence-corrected chi connectivity index (χ0v) is 9.99. The van der Waals surface area contributed by atoms with Gasteiger partial charge in [-0.2, -0.15) is 0 Å². The van der Waals surface area contributed by atoms with Gasteiger partial charge in [-0.15, -0.1) is 0 Å². The molecule has 3 heteroatoms. The number of benzene rings is 1. The number of hydrogen-bond donors (Lipinski definition) is 1. The predicted molar refractivity (Wildman–Crippen MR) is 63.0 cm³/mol. The number of carbonyl (C=O) groups is 1. The normalized spacial score (nSPS) is 12.2. The van der Waals surface area contributed by atoms with Crippen LogP contribution in [0.4, 0.5) is 0 Å². The second-order valence-electron chi connectivity index (χ2n) is 3.89. The monoisotopic (exact) mass is 222 g/mol. The average molecular weight is 222 g/mol. The van der Waals surface area contributed by atoms with Gasteiger partial charge in [-0.05, 0) is 30.9 Å². The van der Waals surface area contributed by atoms with E-state index >= 15 is 0 Å². The zero-order valence-electron chi connectivity index (χ0n) is 9.99. The molecule has 16 heavy (non-hydrogen) atoms. The Morgan fingerprint density at radius 3 is 2.69 bits per heavy atom. The number of carboxylic acids is 1. The van der Waals surface area contributed by atoms with Crippen molar-refractivity contribution in [3.63, 3.8) is 0 Å². The molecule has 0 radical (unpaired) electrons. The SMILES string of the molecule is CCC(CC(=O)O)c1c(C)cccc1OC. The van der Waals surface area contributed by atoms with Gasteiger partial charge in [0.25, 0.3) is 0 Å². The van der Waals surface area contributed by atoms with E-state index in [1.54, 1.807) is 7.11 Å². The molecule has 0 aliphatic heterocycles. The second-order valence-corrected chi connectivity index (χ2v) is 3.89. The van der Waals surface area contributed by atoms with Gasteiger partial charge in [0.15, 0.2) is 0 Å². The fourth-order valence-corrected chi connectivity index (χ4v) is 2.02. The van der Waals surface area contributed by atoms with Crippen molar-refractivity contribution in [2.45, 2.75) is 32.6 Å². The van der Waals surface area contributed by atoms with E-state index < -0.39 is 5.97 Å². The summed E-state index contributed by atoms with van der Waals surface area (Å²) in [7, 11) is 1.62. The first-order chi connectivity index (χ1) is 7.60. The largest absolute Gasteiger partial charge is 0.496 e. The van der Waals surface area contributed by atoms with Crippen LogP contribution in [0.1, 0.15) is 36.8 Å². The molecule has 0 saturated carbocycles. The van der Waals surface area contributed by atoms with E-state index in [0.717, 1.165) is 23.3 Å². The highest BCUT2D eigenvalue weighted by molar-refractivity contribution is 5.68. The lowest BCUT2D eigenvalue weighted by Crippen LogP contribution is -2.08. The first-order valence-electron chi connectivity index (χ1n) is 5.45. The lowest BCUT2D eigenvalue weighted by molar-refractivity contribution is -0.137. The molecule has 88 valence electrons. The van der Waals surface area contributed by atoms with E-state index in [1.165, 1.54) is 0 Å². The van der Waals surface area contributed by atoms with Gasteiger partial charge >= 0.3 is 5.97 Å². The first kappa shape index (κ1) is 12.6. The van der Waals surface area contributed by atoms with Crippen molar-refractivity contribution >= 4 is 5.97 Å². The Morgan fingerprint density at radius 1 is 1.50 bits per heavy atom. The molecule has 0 heterocycles. The first-order valence-corrected chi connectivity index (χ1v) is 5.45. The third kappa shape index (κ3) is 2.75. The summed E-state index contributed by atoms with van der Waals surface area (Å²) in [5, 5.41) is 8.89. The Morgan fingerprint density at radius 2 is 2.19 bits per heavy atom. The van der Waals surface area contributed by atoms with E-state index in [0.29, 0.717) is 0 Å². The van der Waals surface area contributed by atoms with Crippen LogP contribution >= 0.6 is 0 Å². The molecule has 1 aromatic rings. The average Bonchev–Trinajstić information content (AvgIpc) is 2.25. The molecule has 1 rings (SSSR count). The second kappa shape index (κ2) is 5.54. The van der Waals surface area contributed by atoms with Crippen molar-refractivity contribution in [2.75, 3.05) is 7.11 Å². The summed E-state index contributed by atoms with van der Waals surface area (Å²) >= 11 is 0. The maximum Gasteiger partial charge on any atom is 0.303 e. The van der Waals surface area contributed by atoms with Gasteiger partial charge in [0, 0.05) is 5.56 Å². The van der Waals surface area contributed by atoms with E-state index in [4.69, 9.17) is 9.84 Å². The third-order valence-electron chi connectivity index (χ3n) is 2.83. The number of carboxylic acid groups (broad SMARTS) is 1. The van der Waals surface area contributed by atoms with Gasteiger partial charge in [0.05, 0.1) is 13.5 Å². The minimum absolute atomic E-state index is 0.0219. The predicted octanol–water partition coefficient (Wildman–Crippen LogP) is 2.97. The van der Waals surface area contributed by atoms with Crippen LogP contribution in [0.2, 0.25) is 0 Å². The Balaban J connectivity index is 3.12. The van der Waals surface area contributed by atoms with Crippen LogP contribution in [-0.2, 0) is 4.79 Å². The number of hydrogen-bond acceptors (Lipinski definition) is 2. The molecule has 1 N–H and O–H groups in total.